The van der Waals surface area contributed by atoms with Gasteiger partial charge in [0.05, 0.1) is 0 Å². The van der Waals surface area contributed by atoms with E-state index >= 15 is 0 Å². The van der Waals surface area contributed by atoms with Gasteiger partial charge in [-0.1, -0.05) is 6.07 Å². The fourth-order valence-corrected chi connectivity index (χ4v) is 2.11. The van der Waals surface area contributed by atoms with Crippen LogP contribution in [0.1, 0.15) is 12.8 Å². The van der Waals surface area contributed by atoms with E-state index in [2.05, 4.69) is 5.32 Å². The van der Waals surface area contributed by atoms with Crippen LogP contribution >= 0.6 is 0 Å². The third-order valence-electron chi connectivity index (χ3n) is 2.99. The van der Waals surface area contributed by atoms with E-state index < -0.39 is 0 Å². The molecule has 1 aromatic rings. The molecule has 3 N–H and O–H groups in total. The van der Waals surface area contributed by atoms with Gasteiger partial charge in [-0.15, -0.1) is 0 Å². The molecule has 5 heteroatoms. The summed E-state index contributed by atoms with van der Waals surface area (Å²) in [6, 6.07) is 5.76. The van der Waals surface area contributed by atoms with E-state index in [-0.39, 0.29) is 17.9 Å². The zero-order valence-corrected chi connectivity index (χ0v) is 9.53. The van der Waals surface area contributed by atoms with Crippen molar-refractivity contribution in [3.8, 4) is 0 Å². The van der Waals surface area contributed by atoms with Crippen LogP contribution in [0.25, 0.3) is 0 Å². The SMILES string of the molecule is NCC1CCCN1C(=O)Nc1cccc(F)c1. The monoisotopic (exact) mass is 237 g/mol. The number of nitrogens with zero attached hydrogens (tertiary/aromatic N) is 1. The summed E-state index contributed by atoms with van der Waals surface area (Å²) in [4.78, 5) is 13.6. The number of hydrogen-bond donors (Lipinski definition) is 2. The van der Waals surface area contributed by atoms with Crippen molar-refractivity contribution >= 4 is 11.7 Å². The van der Waals surface area contributed by atoms with E-state index in [1.165, 1.54) is 12.1 Å². The van der Waals surface area contributed by atoms with E-state index in [9.17, 15) is 9.18 Å². The number of amides is 2. The highest BCUT2D eigenvalue weighted by Crippen LogP contribution is 2.18. The molecule has 2 amide bonds. The van der Waals surface area contributed by atoms with E-state index in [4.69, 9.17) is 5.73 Å². The molecule has 17 heavy (non-hydrogen) atoms. The summed E-state index contributed by atoms with van der Waals surface area (Å²) >= 11 is 0. The number of rotatable bonds is 2. The molecule has 0 aromatic heterocycles. The number of halogens is 1. The molecule has 0 spiro atoms. The molecule has 1 fully saturated rings. The molecule has 1 saturated heterocycles. The molecule has 92 valence electrons. The minimum absolute atomic E-state index is 0.101. The molecule has 4 nitrogen and oxygen atoms in total. The van der Waals surface area contributed by atoms with Crippen LogP contribution in [0.4, 0.5) is 14.9 Å². The van der Waals surface area contributed by atoms with Crippen LogP contribution in [-0.2, 0) is 0 Å². The first-order valence-electron chi connectivity index (χ1n) is 5.74. The lowest BCUT2D eigenvalue weighted by Crippen LogP contribution is -2.42. The Morgan fingerprint density at radius 1 is 1.59 bits per heavy atom. The van der Waals surface area contributed by atoms with Gasteiger partial charge < -0.3 is 16.0 Å². The Labute approximate surface area is 99.6 Å². The third kappa shape index (κ3) is 2.74. The van der Waals surface area contributed by atoms with Crippen molar-refractivity contribution in [1.82, 2.24) is 4.90 Å². The molecule has 0 bridgehead atoms. The number of anilines is 1. The van der Waals surface area contributed by atoms with Crippen LogP contribution < -0.4 is 11.1 Å². The maximum atomic E-state index is 13.0. The number of nitrogens with two attached hydrogens (primary N) is 1. The van der Waals surface area contributed by atoms with Gasteiger partial charge in [-0.3, -0.25) is 0 Å². The second-order valence-corrected chi connectivity index (χ2v) is 4.17. The van der Waals surface area contributed by atoms with E-state index in [1.807, 2.05) is 0 Å². The summed E-state index contributed by atoms with van der Waals surface area (Å²) in [6.45, 7) is 1.18. The Balaban J connectivity index is 2.01. The minimum atomic E-state index is -0.361. The lowest BCUT2D eigenvalue weighted by atomic mass is 10.2. The largest absolute Gasteiger partial charge is 0.328 e. The molecule has 2 rings (SSSR count). The van der Waals surface area contributed by atoms with Gasteiger partial charge in [0.25, 0.3) is 0 Å². The van der Waals surface area contributed by atoms with Gasteiger partial charge in [0.1, 0.15) is 5.82 Å². The van der Waals surface area contributed by atoms with Crippen LogP contribution in [-0.4, -0.2) is 30.1 Å². The standard InChI is InChI=1S/C12H16FN3O/c13-9-3-1-4-10(7-9)15-12(17)16-6-2-5-11(16)8-14/h1,3-4,7,11H,2,5-6,8,14H2,(H,15,17). The summed E-state index contributed by atoms with van der Waals surface area (Å²) in [6.07, 6.45) is 1.91. The van der Waals surface area contributed by atoms with E-state index in [0.29, 0.717) is 18.8 Å². The first-order valence-corrected chi connectivity index (χ1v) is 5.74. The van der Waals surface area contributed by atoms with Gasteiger partial charge in [-0.25, -0.2) is 9.18 Å². The summed E-state index contributed by atoms with van der Waals surface area (Å²) < 4.78 is 13.0. The van der Waals surface area contributed by atoms with Gasteiger partial charge in [0.15, 0.2) is 0 Å². The van der Waals surface area contributed by atoms with E-state index in [1.54, 1.807) is 17.0 Å². The van der Waals surface area contributed by atoms with Crippen molar-refractivity contribution < 1.29 is 9.18 Å². The topological polar surface area (TPSA) is 58.4 Å². The molecule has 1 atom stereocenters. The Bertz CT molecular complexity index is 410. The second kappa shape index (κ2) is 5.14. The van der Waals surface area contributed by atoms with Crippen LogP contribution in [0.5, 0.6) is 0 Å². The molecule has 0 aliphatic carbocycles. The van der Waals surface area contributed by atoms with Crippen LogP contribution in [0.15, 0.2) is 24.3 Å². The summed E-state index contributed by atoms with van der Waals surface area (Å²) in [7, 11) is 0. The smallest absolute Gasteiger partial charge is 0.322 e. The molecular weight excluding hydrogens is 221 g/mol. The zero-order valence-electron chi connectivity index (χ0n) is 9.53. The number of benzene rings is 1. The molecule has 1 unspecified atom stereocenters. The summed E-state index contributed by atoms with van der Waals surface area (Å²) in [5.74, 6) is -0.361. The quantitative estimate of drug-likeness (QED) is 0.823. The highest BCUT2D eigenvalue weighted by molar-refractivity contribution is 5.89. The van der Waals surface area contributed by atoms with Crippen molar-refractivity contribution in [1.29, 1.82) is 0 Å². The minimum Gasteiger partial charge on any atom is -0.328 e. The van der Waals surface area contributed by atoms with Crippen molar-refractivity contribution in [3.05, 3.63) is 30.1 Å². The van der Waals surface area contributed by atoms with Gasteiger partial charge in [-0.2, -0.15) is 0 Å². The molecule has 1 aliphatic rings. The number of carbonyl (C=O) groups is 1. The maximum absolute atomic E-state index is 13.0. The van der Waals surface area contributed by atoms with E-state index in [0.717, 1.165) is 12.8 Å². The average Bonchev–Trinajstić information content (AvgIpc) is 2.77. The number of urea groups is 1. The Morgan fingerprint density at radius 2 is 2.41 bits per heavy atom. The Morgan fingerprint density at radius 3 is 3.12 bits per heavy atom. The predicted molar refractivity (Wildman–Crippen MR) is 64.2 cm³/mol. The van der Waals surface area contributed by atoms with Crippen LogP contribution in [0, 0.1) is 5.82 Å². The van der Waals surface area contributed by atoms with Crippen LogP contribution in [0.3, 0.4) is 0 Å². The van der Waals surface area contributed by atoms with Crippen molar-refractivity contribution in [2.75, 3.05) is 18.4 Å². The number of nitrogens with one attached hydrogen (secondary N) is 1. The lowest BCUT2D eigenvalue weighted by Gasteiger charge is -2.23. The van der Waals surface area contributed by atoms with Crippen molar-refractivity contribution in [2.45, 2.75) is 18.9 Å². The molecule has 1 aliphatic heterocycles. The number of carbonyl (C=O) groups excluding carboxylic acids is 1. The maximum Gasteiger partial charge on any atom is 0.322 e. The van der Waals surface area contributed by atoms with Crippen LogP contribution in [0.2, 0.25) is 0 Å². The Hall–Kier alpha value is -1.62. The van der Waals surface area contributed by atoms with Gasteiger partial charge in [0, 0.05) is 24.8 Å². The first kappa shape index (κ1) is 11.9. The fraction of sp³-hybridized carbons (Fsp3) is 0.417. The Kier molecular flexibility index (Phi) is 3.58. The third-order valence-corrected chi connectivity index (χ3v) is 2.99. The van der Waals surface area contributed by atoms with Gasteiger partial charge in [0.2, 0.25) is 0 Å². The molecule has 1 heterocycles. The fourth-order valence-electron chi connectivity index (χ4n) is 2.11. The lowest BCUT2D eigenvalue weighted by molar-refractivity contribution is 0.208. The van der Waals surface area contributed by atoms with Gasteiger partial charge in [-0.05, 0) is 31.0 Å². The molecule has 0 radical (unpaired) electrons. The highest BCUT2D eigenvalue weighted by Gasteiger charge is 2.27. The van der Waals surface area contributed by atoms with Gasteiger partial charge >= 0.3 is 6.03 Å². The zero-order chi connectivity index (χ0) is 12.3. The van der Waals surface area contributed by atoms with Crippen molar-refractivity contribution in [2.24, 2.45) is 5.73 Å². The number of likely N-dealkylation sites (tertiary alicyclic amines) is 1. The summed E-state index contributed by atoms with van der Waals surface area (Å²) in [5.41, 5.74) is 6.07. The normalized spacial score (nSPS) is 19.4. The second-order valence-electron chi connectivity index (χ2n) is 4.17. The average molecular weight is 237 g/mol. The summed E-state index contributed by atoms with van der Waals surface area (Å²) in [5, 5.41) is 2.68. The first-order chi connectivity index (χ1) is 8.20. The number of hydrogen-bond acceptors (Lipinski definition) is 2. The molecule has 0 saturated carbocycles. The predicted octanol–water partition coefficient (Wildman–Crippen LogP) is 1.78. The highest BCUT2D eigenvalue weighted by atomic mass is 19.1. The van der Waals surface area contributed by atoms with Crippen molar-refractivity contribution in [3.63, 3.8) is 0 Å². The molecular formula is C12H16FN3O. The molecule has 1 aromatic carbocycles.